The van der Waals surface area contributed by atoms with Gasteiger partial charge in [-0.25, -0.2) is 0 Å². The molecule has 1 aromatic rings. The minimum absolute atomic E-state index is 0.108. The zero-order valence-corrected chi connectivity index (χ0v) is 14.2. The van der Waals surface area contributed by atoms with Gasteiger partial charge in [0.15, 0.2) is 16.7 Å². The number of carbonyl (C=O) groups is 1. The molecule has 0 aromatic heterocycles. The molecule has 2 aliphatic rings. The number of hydrogen-bond donors (Lipinski definition) is 2. The third kappa shape index (κ3) is 3.64. The molecule has 0 radical (unpaired) electrons. The largest absolute Gasteiger partial charge is 0.503 e. The Kier molecular flexibility index (Phi) is 4.82. The van der Waals surface area contributed by atoms with Gasteiger partial charge >= 0.3 is 0 Å². The lowest BCUT2D eigenvalue weighted by Crippen LogP contribution is -2.21. The summed E-state index contributed by atoms with van der Waals surface area (Å²) in [5.41, 5.74) is 0.685. The van der Waals surface area contributed by atoms with Crippen LogP contribution < -0.4 is 10.1 Å². The van der Waals surface area contributed by atoms with Crippen LogP contribution in [0.15, 0.2) is 22.0 Å². The molecule has 1 saturated heterocycles. The quantitative estimate of drug-likeness (QED) is 0.816. The number of carbonyl (C=O) groups excluding carboxylic acids is 1. The maximum Gasteiger partial charge on any atom is 0.264 e. The zero-order chi connectivity index (χ0) is 16.4. The number of hydrogen-bond acceptors (Lipinski definition) is 5. The van der Waals surface area contributed by atoms with E-state index in [0.29, 0.717) is 21.7 Å². The Labute approximate surface area is 143 Å². The molecule has 3 rings (SSSR count). The summed E-state index contributed by atoms with van der Waals surface area (Å²) in [4.78, 5) is 17.2. The Morgan fingerprint density at radius 2 is 2.17 bits per heavy atom. The van der Waals surface area contributed by atoms with Crippen molar-refractivity contribution in [1.29, 1.82) is 0 Å². The molecular weight excluding hydrogens is 336 g/mol. The topological polar surface area (TPSA) is 70.9 Å². The monoisotopic (exact) mass is 352 g/mol. The Morgan fingerprint density at radius 1 is 1.43 bits per heavy atom. The van der Waals surface area contributed by atoms with E-state index in [2.05, 4.69) is 10.3 Å². The number of methoxy groups -OCH3 is 1. The van der Waals surface area contributed by atoms with Crippen molar-refractivity contribution in [1.82, 2.24) is 5.32 Å². The summed E-state index contributed by atoms with van der Waals surface area (Å²) in [6.07, 6.45) is 6.29. The van der Waals surface area contributed by atoms with Crippen LogP contribution in [0, 0.1) is 0 Å². The van der Waals surface area contributed by atoms with Crippen molar-refractivity contribution in [3.8, 4) is 11.5 Å². The van der Waals surface area contributed by atoms with Gasteiger partial charge in [-0.05, 0) is 48.4 Å². The Morgan fingerprint density at radius 3 is 2.87 bits per heavy atom. The average molecular weight is 353 g/mol. The van der Waals surface area contributed by atoms with Crippen LogP contribution in [0.1, 0.15) is 31.2 Å². The zero-order valence-electron chi connectivity index (χ0n) is 12.6. The molecule has 1 heterocycles. The van der Waals surface area contributed by atoms with E-state index in [4.69, 9.17) is 16.3 Å². The van der Waals surface area contributed by atoms with Crippen molar-refractivity contribution in [2.24, 2.45) is 4.99 Å². The predicted octanol–water partition coefficient (Wildman–Crippen LogP) is 3.56. The first-order valence-corrected chi connectivity index (χ1v) is 8.61. The van der Waals surface area contributed by atoms with Crippen LogP contribution in [0.5, 0.6) is 11.5 Å². The number of aliphatic imine (C=N–C) groups is 1. The fourth-order valence-electron chi connectivity index (χ4n) is 2.67. The van der Waals surface area contributed by atoms with Crippen molar-refractivity contribution in [2.75, 3.05) is 7.11 Å². The molecule has 0 unspecified atom stereocenters. The number of amides is 1. The first-order valence-electron chi connectivity index (χ1n) is 7.42. The number of ether oxygens (including phenoxy) is 1. The van der Waals surface area contributed by atoms with Gasteiger partial charge in [-0.15, -0.1) is 0 Å². The Bertz CT molecular complexity index is 697. The second-order valence-corrected chi connectivity index (χ2v) is 6.93. The number of aromatic hydroxyl groups is 1. The van der Waals surface area contributed by atoms with Crippen molar-refractivity contribution in [3.63, 3.8) is 0 Å². The molecule has 1 aliphatic heterocycles. The lowest BCUT2D eigenvalue weighted by molar-refractivity contribution is -0.115. The molecule has 122 valence electrons. The van der Waals surface area contributed by atoms with E-state index in [-0.39, 0.29) is 22.4 Å². The summed E-state index contributed by atoms with van der Waals surface area (Å²) in [6, 6.07) is 3.54. The molecule has 23 heavy (non-hydrogen) atoms. The molecule has 0 atom stereocenters. The fourth-order valence-corrected chi connectivity index (χ4v) is 3.78. The maximum atomic E-state index is 12.1. The number of amidine groups is 1. The SMILES string of the molecule is COc1cc(/C=C2\SC(=NC3CCCC3)NC2=O)cc(Cl)c1O. The highest BCUT2D eigenvalue weighted by Gasteiger charge is 2.25. The van der Waals surface area contributed by atoms with Crippen molar-refractivity contribution in [2.45, 2.75) is 31.7 Å². The fraction of sp³-hybridized carbons (Fsp3) is 0.375. The van der Waals surface area contributed by atoms with Gasteiger partial charge in [-0.1, -0.05) is 24.4 Å². The highest BCUT2D eigenvalue weighted by Crippen LogP contribution is 2.37. The molecule has 5 nitrogen and oxygen atoms in total. The number of nitrogens with zero attached hydrogens (tertiary/aromatic N) is 1. The van der Waals surface area contributed by atoms with E-state index >= 15 is 0 Å². The van der Waals surface area contributed by atoms with E-state index < -0.39 is 0 Å². The van der Waals surface area contributed by atoms with Crippen LogP contribution in [0.4, 0.5) is 0 Å². The summed E-state index contributed by atoms with van der Waals surface area (Å²) in [5, 5.41) is 13.4. The van der Waals surface area contributed by atoms with E-state index in [1.165, 1.54) is 31.7 Å². The van der Waals surface area contributed by atoms with E-state index in [9.17, 15) is 9.90 Å². The van der Waals surface area contributed by atoms with Gasteiger partial charge in [-0.3, -0.25) is 9.79 Å². The Balaban J connectivity index is 1.82. The molecule has 2 fully saturated rings. The second-order valence-electron chi connectivity index (χ2n) is 5.49. The molecule has 1 aromatic carbocycles. The standard InChI is InChI=1S/C16H17ClN2O3S/c1-22-12-7-9(6-11(17)14(12)20)8-13-15(21)19-16(23-13)18-10-4-2-3-5-10/h6-8,10,20H,2-5H2,1H3,(H,18,19,21)/b13-8-. The first-order chi connectivity index (χ1) is 11.1. The molecule has 1 amide bonds. The van der Waals surface area contributed by atoms with Crippen molar-refractivity contribution in [3.05, 3.63) is 27.6 Å². The third-order valence-corrected chi connectivity index (χ3v) is 5.06. The van der Waals surface area contributed by atoms with Gasteiger partial charge in [0.2, 0.25) is 0 Å². The molecule has 7 heteroatoms. The molecule has 1 aliphatic carbocycles. The minimum Gasteiger partial charge on any atom is -0.503 e. The van der Waals surface area contributed by atoms with Crippen molar-refractivity contribution < 1.29 is 14.6 Å². The highest BCUT2D eigenvalue weighted by molar-refractivity contribution is 8.18. The lowest BCUT2D eigenvalue weighted by atomic mass is 10.2. The van der Waals surface area contributed by atoms with Crippen LogP contribution in [-0.4, -0.2) is 29.3 Å². The van der Waals surface area contributed by atoms with Crippen LogP contribution >= 0.6 is 23.4 Å². The van der Waals surface area contributed by atoms with Crippen LogP contribution in [-0.2, 0) is 4.79 Å². The summed E-state index contributed by atoms with van der Waals surface area (Å²) in [6.45, 7) is 0. The molecule has 2 N–H and O–H groups in total. The average Bonchev–Trinajstić information content (AvgIpc) is 3.13. The van der Waals surface area contributed by atoms with Gasteiger partial charge in [0.05, 0.1) is 23.1 Å². The predicted molar refractivity (Wildman–Crippen MR) is 93.1 cm³/mol. The van der Waals surface area contributed by atoms with E-state index in [1.807, 2.05) is 0 Å². The van der Waals surface area contributed by atoms with Gasteiger partial charge < -0.3 is 15.2 Å². The van der Waals surface area contributed by atoms with E-state index in [1.54, 1.807) is 18.2 Å². The third-order valence-electron chi connectivity index (χ3n) is 3.84. The number of benzene rings is 1. The summed E-state index contributed by atoms with van der Waals surface area (Å²) in [5.74, 6) is -0.00848. The van der Waals surface area contributed by atoms with Crippen LogP contribution in [0.25, 0.3) is 6.08 Å². The number of rotatable bonds is 3. The molecule has 0 bridgehead atoms. The van der Waals surface area contributed by atoms with Crippen LogP contribution in [0.2, 0.25) is 5.02 Å². The summed E-state index contributed by atoms with van der Waals surface area (Å²) < 4.78 is 5.07. The minimum atomic E-state index is -0.171. The number of phenols is 1. The van der Waals surface area contributed by atoms with Gasteiger partial charge in [-0.2, -0.15) is 0 Å². The maximum absolute atomic E-state index is 12.1. The van der Waals surface area contributed by atoms with Crippen LogP contribution in [0.3, 0.4) is 0 Å². The number of nitrogens with one attached hydrogen (secondary N) is 1. The summed E-state index contributed by atoms with van der Waals surface area (Å²) in [7, 11) is 1.45. The van der Waals surface area contributed by atoms with Crippen molar-refractivity contribution >= 4 is 40.5 Å². The normalized spacial score (nSPS) is 22.1. The number of phenolic OH excluding ortho intramolecular Hbond substituents is 1. The summed E-state index contributed by atoms with van der Waals surface area (Å²) >= 11 is 7.30. The Hall–Kier alpha value is -1.66. The van der Waals surface area contributed by atoms with E-state index in [0.717, 1.165) is 12.8 Å². The van der Waals surface area contributed by atoms with Gasteiger partial charge in [0.25, 0.3) is 5.91 Å². The smallest absolute Gasteiger partial charge is 0.264 e. The number of thioether (sulfide) groups is 1. The molecule has 0 spiro atoms. The van der Waals surface area contributed by atoms with Gasteiger partial charge in [0, 0.05) is 0 Å². The van der Waals surface area contributed by atoms with Gasteiger partial charge in [0.1, 0.15) is 0 Å². The highest BCUT2D eigenvalue weighted by atomic mass is 35.5. The second kappa shape index (κ2) is 6.84. The first kappa shape index (κ1) is 16.2. The molecular formula is C16H17ClN2O3S. The molecule has 1 saturated carbocycles. The number of halogens is 1. The lowest BCUT2D eigenvalue weighted by Gasteiger charge is -2.06.